The number of ether oxygens (including phenoxy) is 1. The number of carbonyl (C=O) groups excluding carboxylic acids is 2. The van der Waals surface area contributed by atoms with Crippen LogP contribution >= 0.6 is 0 Å². The van der Waals surface area contributed by atoms with Crippen LogP contribution in [0.25, 0.3) is 0 Å². The fraction of sp³-hybridized carbons (Fsp3) is 0.350. The summed E-state index contributed by atoms with van der Waals surface area (Å²) in [6.45, 7) is 0.957. The number of methoxy groups -OCH3 is 1. The van der Waals surface area contributed by atoms with Gasteiger partial charge in [-0.25, -0.2) is 9.78 Å². The Bertz CT molecular complexity index is 866. The highest BCUT2D eigenvalue weighted by molar-refractivity contribution is 5.99. The average molecular weight is 392 g/mol. The molecule has 0 amide bonds. The van der Waals surface area contributed by atoms with Gasteiger partial charge in [-0.15, -0.1) is 0 Å². The van der Waals surface area contributed by atoms with Gasteiger partial charge < -0.3 is 9.64 Å². The molecule has 0 saturated carbocycles. The minimum absolute atomic E-state index is 0.214. The second-order valence-corrected chi connectivity index (χ2v) is 6.59. The molecule has 1 aliphatic heterocycles. The Labute approximate surface area is 160 Å². The Balaban J connectivity index is 1.79. The maximum Gasteiger partial charge on any atom is 0.416 e. The van der Waals surface area contributed by atoms with E-state index < -0.39 is 23.6 Å². The number of hydrogen-bond acceptors (Lipinski definition) is 5. The van der Waals surface area contributed by atoms with Crippen LogP contribution in [0, 0.1) is 5.92 Å². The number of carbonyl (C=O) groups is 2. The van der Waals surface area contributed by atoms with E-state index in [9.17, 15) is 22.8 Å². The van der Waals surface area contributed by atoms with Crippen LogP contribution in [0.15, 0.2) is 42.6 Å². The van der Waals surface area contributed by atoms with Gasteiger partial charge in [0.05, 0.1) is 12.7 Å². The molecular weight excluding hydrogens is 373 g/mol. The number of rotatable bonds is 4. The van der Waals surface area contributed by atoms with E-state index in [0.29, 0.717) is 37.3 Å². The van der Waals surface area contributed by atoms with Gasteiger partial charge in [-0.2, -0.15) is 13.2 Å². The number of anilines is 1. The van der Waals surface area contributed by atoms with E-state index in [1.165, 1.54) is 19.2 Å². The summed E-state index contributed by atoms with van der Waals surface area (Å²) in [6, 6.07) is 7.50. The third-order valence-corrected chi connectivity index (χ3v) is 4.78. The van der Waals surface area contributed by atoms with Crippen molar-refractivity contribution in [2.45, 2.75) is 19.0 Å². The van der Waals surface area contributed by atoms with Crippen molar-refractivity contribution in [2.24, 2.45) is 5.92 Å². The molecule has 148 valence electrons. The summed E-state index contributed by atoms with van der Waals surface area (Å²) in [5.74, 6) is -0.675. The molecule has 8 heteroatoms. The van der Waals surface area contributed by atoms with Gasteiger partial charge in [-0.1, -0.05) is 12.1 Å². The number of hydrogen-bond donors (Lipinski definition) is 0. The summed E-state index contributed by atoms with van der Waals surface area (Å²) in [4.78, 5) is 30.9. The lowest BCUT2D eigenvalue weighted by Gasteiger charge is -2.33. The number of benzene rings is 1. The standard InChI is InChI=1S/C20H19F3N2O3/c1-28-19(27)16-5-2-10-24-18(16)25-11-3-4-14(12-25)17(26)13-6-8-15(9-7-13)20(21,22)23/h2,5-10,14H,3-4,11-12H2,1H3/t14-/m0/s1. The molecule has 0 bridgehead atoms. The van der Waals surface area contributed by atoms with Crippen molar-refractivity contribution in [3.8, 4) is 0 Å². The van der Waals surface area contributed by atoms with Crippen LogP contribution in [-0.2, 0) is 10.9 Å². The Morgan fingerprint density at radius 1 is 1.18 bits per heavy atom. The lowest BCUT2D eigenvalue weighted by Crippen LogP contribution is -2.40. The monoisotopic (exact) mass is 392 g/mol. The van der Waals surface area contributed by atoms with Gasteiger partial charge in [0.1, 0.15) is 11.4 Å². The van der Waals surface area contributed by atoms with Crippen LogP contribution in [0.5, 0.6) is 0 Å². The molecule has 0 aliphatic carbocycles. The number of esters is 1. The predicted octanol–water partition coefficient (Wildman–Crippen LogP) is 3.99. The number of Topliss-reactive ketones (excluding diaryl/α,β-unsaturated/α-hetero) is 1. The number of alkyl halides is 3. The maximum absolute atomic E-state index is 12.8. The third kappa shape index (κ3) is 4.16. The summed E-state index contributed by atoms with van der Waals surface area (Å²) in [6.07, 6.45) is -1.56. The summed E-state index contributed by atoms with van der Waals surface area (Å²) in [5, 5.41) is 0. The number of halogens is 3. The van der Waals surface area contributed by atoms with Crippen LogP contribution in [0.1, 0.15) is 39.1 Å². The van der Waals surface area contributed by atoms with Crippen LogP contribution in [0.4, 0.5) is 19.0 Å². The van der Waals surface area contributed by atoms with Crippen LogP contribution in [-0.4, -0.2) is 36.9 Å². The summed E-state index contributed by atoms with van der Waals surface area (Å²) < 4.78 is 42.9. The van der Waals surface area contributed by atoms with Crippen molar-refractivity contribution in [3.05, 3.63) is 59.3 Å². The molecule has 1 aliphatic rings. The Hall–Kier alpha value is -2.90. The van der Waals surface area contributed by atoms with Crippen molar-refractivity contribution in [1.82, 2.24) is 4.98 Å². The molecule has 1 fully saturated rings. The second-order valence-electron chi connectivity index (χ2n) is 6.59. The summed E-state index contributed by atoms with van der Waals surface area (Å²) >= 11 is 0. The van der Waals surface area contributed by atoms with Gasteiger partial charge in [-0.05, 0) is 37.1 Å². The average Bonchev–Trinajstić information content (AvgIpc) is 2.72. The van der Waals surface area contributed by atoms with E-state index in [0.717, 1.165) is 12.1 Å². The molecule has 0 spiro atoms. The zero-order valence-corrected chi connectivity index (χ0v) is 15.2. The predicted molar refractivity (Wildman–Crippen MR) is 96.3 cm³/mol. The number of pyridine rings is 1. The van der Waals surface area contributed by atoms with Crippen molar-refractivity contribution >= 4 is 17.6 Å². The first-order valence-electron chi connectivity index (χ1n) is 8.81. The van der Waals surface area contributed by atoms with Crippen molar-refractivity contribution in [3.63, 3.8) is 0 Å². The van der Waals surface area contributed by atoms with Gasteiger partial charge in [0, 0.05) is 30.8 Å². The molecule has 1 aromatic carbocycles. The van der Waals surface area contributed by atoms with Gasteiger partial charge in [0.2, 0.25) is 0 Å². The number of nitrogens with zero attached hydrogens (tertiary/aromatic N) is 2. The van der Waals surface area contributed by atoms with E-state index in [-0.39, 0.29) is 11.3 Å². The molecule has 0 radical (unpaired) electrons. The van der Waals surface area contributed by atoms with Crippen molar-refractivity contribution < 1.29 is 27.5 Å². The normalized spacial score (nSPS) is 17.3. The molecule has 2 heterocycles. The molecule has 1 aromatic heterocycles. The van der Waals surface area contributed by atoms with E-state index >= 15 is 0 Å². The molecule has 3 rings (SSSR count). The fourth-order valence-electron chi connectivity index (χ4n) is 3.36. The topological polar surface area (TPSA) is 59.5 Å². The van der Waals surface area contributed by atoms with E-state index in [1.54, 1.807) is 18.3 Å². The highest BCUT2D eigenvalue weighted by atomic mass is 19.4. The van der Waals surface area contributed by atoms with E-state index in [4.69, 9.17) is 4.74 Å². The number of aromatic nitrogens is 1. The minimum atomic E-state index is -4.44. The van der Waals surface area contributed by atoms with Gasteiger partial charge in [0.15, 0.2) is 5.78 Å². The number of ketones is 1. The summed E-state index contributed by atoms with van der Waals surface area (Å²) in [7, 11) is 1.28. The quantitative estimate of drug-likeness (QED) is 0.582. The molecule has 0 unspecified atom stereocenters. The minimum Gasteiger partial charge on any atom is -0.465 e. The summed E-state index contributed by atoms with van der Waals surface area (Å²) in [5.41, 5.74) is -0.229. The van der Waals surface area contributed by atoms with Gasteiger partial charge in [-0.3, -0.25) is 4.79 Å². The maximum atomic E-state index is 12.8. The van der Waals surface area contributed by atoms with Crippen molar-refractivity contribution in [2.75, 3.05) is 25.1 Å². The van der Waals surface area contributed by atoms with Crippen molar-refractivity contribution in [1.29, 1.82) is 0 Å². The first-order chi connectivity index (χ1) is 13.3. The Kier molecular flexibility index (Phi) is 5.67. The SMILES string of the molecule is COC(=O)c1cccnc1N1CCC[C@H](C(=O)c2ccc(C(F)(F)F)cc2)C1. The smallest absolute Gasteiger partial charge is 0.416 e. The highest BCUT2D eigenvalue weighted by Crippen LogP contribution is 2.31. The Morgan fingerprint density at radius 3 is 2.54 bits per heavy atom. The van der Waals surface area contributed by atoms with E-state index in [2.05, 4.69) is 4.98 Å². The van der Waals surface area contributed by atoms with Gasteiger partial charge >= 0.3 is 12.1 Å². The van der Waals surface area contributed by atoms with Crippen LogP contribution in [0.3, 0.4) is 0 Å². The molecule has 0 N–H and O–H groups in total. The first kappa shape index (κ1) is 19.9. The molecular formula is C20H19F3N2O3. The molecule has 1 atom stereocenters. The molecule has 2 aromatic rings. The van der Waals surface area contributed by atoms with Crippen LogP contribution in [0.2, 0.25) is 0 Å². The second kappa shape index (κ2) is 8.00. The zero-order chi connectivity index (χ0) is 20.3. The first-order valence-corrected chi connectivity index (χ1v) is 8.81. The largest absolute Gasteiger partial charge is 0.465 e. The van der Waals surface area contributed by atoms with Gasteiger partial charge in [0.25, 0.3) is 0 Å². The Morgan fingerprint density at radius 2 is 1.89 bits per heavy atom. The highest BCUT2D eigenvalue weighted by Gasteiger charge is 2.32. The zero-order valence-electron chi connectivity index (χ0n) is 15.2. The lowest BCUT2D eigenvalue weighted by molar-refractivity contribution is -0.137. The molecule has 28 heavy (non-hydrogen) atoms. The molecule has 5 nitrogen and oxygen atoms in total. The number of piperidine rings is 1. The van der Waals surface area contributed by atoms with Crippen LogP contribution < -0.4 is 4.90 Å². The fourth-order valence-corrected chi connectivity index (χ4v) is 3.36. The van der Waals surface area contributed by atoms with E-state index in [1.807, 2.05) is 4.90 Å². The third-order valence-electron chi connectivity index (χ3n) is 4.78. The molecule has 1 saturated heterocycles. The lowest BCUT2D eigenvalue weighted by atomic mass is 9.89.